The van der Waals surface area contributed by atoms with Gasteiger partial charge in [0.1, 0.15) is 0 Å². The first-order valence-corrected chi connectivity index (χ1v) is 2.05. The molecule has 1 unspecified atom stereocenters. The molecule has 0 fully saturated rings. The lowest BCUT2D eigenvalue weighted by atomic mass is 10.6. The molecule has 3 nitrogen and oxygen atoms in total. The summed E-state index contributed by atoms with van der Waals surface area (Å²) in [5.41, 5.74) is 9.17. The van der Waals surface area contributed by atoms with Crippen molar-refractivity contribution in [1.82, 2.24) is 0 Å². The Kier molecular flexibility index (Phi) is 2.83. The molecule has 0 aliphatic heterocycles. The number of nitrogens with zero attached hydrogens (tertiary/aromatic N) is 1. The second kappa shape index (κ2) is 3.16. The molecule has 54 valence electrons. The summed E-state index contributed by atoms with van der Waals surface area (Å²) >= 11 is 0. The van der Waals surface area contributed by atoms with Crippen molar-refractivity contribution in [1.29, 1.82) is 0 Å². The number of halogens is 3. The van der Waals surface area contributed by atoms with Crippen LogP contribution in [0.15, 0.2) is 4.99 Å². The van der Waals surface area contributed by atoms with Crippen LogP contribution in [0.4, 0.5) is 13.2 Å². The molecule has 0 bridgehead atoms. The highest BCUT2D eigenvalue weighted by atomic mass is 19.3. The van der Waals surface area contributed by atoms with Crippen LogP contribution in [0, 0.1) is 0 Å². The minimum Gasteiger partial charge on any atom is -0.370 e. The Morgan fingerprint density at radius 3 is 1.78 bits per heavy atom. The van der Waals surface area contributed by atoms with E-state index in [-0.39, 0.29) is 0 Å². The minimum atomic E-state index is -3.16. The van der Waals surface area contributed by atoms with E-state index >= 15 is 0 Å². The molecule has 0 spiro atoms. The fourth-order valence-electron chi connectivity index (χ4n) is 0.199. The second-order valence-corrected chi connectivity index (χ2v) is 1.26. The maximum absolute atomic E-state index is 11.7. The van der Waals surface area contributed by atoms with Crippen LogP contribution in [0.1, 0.15) is 0 Å². The van der Waals surface area contributed by atoms with Gasteiger partial charge < -0.3 is 11.5 Å². The lowest BCUT2D eigenvalue weighted by Crippen LogP contribution is -2.26. The summed E-state index contributed by atoms with van der Waals surface area (Å²) in [6.07, 6.45) is -5.76. The van der Waals surface area contributed by atoms with Gasteiger partial charge in [-0.05, 0) is 0 Å². The van der Waals surface area contributed by atoms with Crippen molar-refractivity contribution in [3.63, 3.8) is 0 Å². The number of nitrogens with two attached hydrogens (primary N) is 2. The highest BCUT2D eigenvalue weighted by Crippen LogP contribution is 2.04. The molecule has 1 atom stereocenters. The zero-order valence-corrected chi connectivity index (χ0v) is 4.39. The van der Waals surface area contributed by atoms with Crippen molar-refractivity contribution in [3.8, 4) is 0 Å². The van der Waals surface area contributed by atoms with Crippen molar-refractivity contribution < 1.29 is 13.2 Å². The number of hydrogen-bond acceptors (Lipinski definition) is 1. The summed E-state index contributed by atoms with van der Waals surface area (Å²) in [5.74, 6) is -0.678. The van der Waals surface area contributed by atoms with Crippen LogP contribution < -0.4 is 11.5 Å². The summed E-state index contributed by atoms with van der Waals surface area (Å²) in [6.45, 7) is 0. The van der Waals surface area contributed by atoms with E-state index in [0.717, 1.165) is 0 Å². The van der Waals surface area contributed by atoms with Crippen molar-refractivity contribution in [3.05, 3.63) is 0 Å². The Morgan fingerprint density at radius 1 is 1.22 bits per heavy atom. The SMILES string of the molecule is NC(N)=NC(F)C(F)F. The van der Waals surface area contributed by atoms with Gasteiger partial charge in [0.25, 0.3) is 12.7 Å². The van der Waals surface area contributed by atoms with Gasteiger partial charge in [0.2, 0.25) is 0 Å². The molecule has 0 aliphatic rings. The molecular weight excluding hydrogens is 135 g/mol. The number of rotatable bonds is 2. The van der Waals surface area contributed by atoms with Crippen LogP contribution in [0.2, 0.25) is 0 Å². The second-order valence-electron chi connectivity index (χ2n) is 1.26. The average Bonchev–Trinajstić information content (AvgIpc) is 1.63. The van der Waals surface area contributed by atoms with Gasteiger partial charge in [0, 0.05) is 0 Å². The molecule has 0 aromatic carbocycles. The molecule has 9 heavy (non-hydrogen) atoms. The number of hydrogen-bond donors (Lipinski definition) is 2. The van der Waals surface area contributed by atoms with E-state index in [1.807, 2.05) is 0 Å². The minimum absolute atomic E-state index is 0.678. The lowest BCUT2D eigenvalue weighted by molar-refractivity contribution is 0.0550. The highest BCUT2D eigenvalue weighted by Gasteiger charge is 2.16. The zero-order valence-electron chi connectivity index (χ0n) is 4.39. The Bertz CT molecular complexity index is 109. The average molecular weight is 141 g/mol. The summed E-state index contributed by atoms with van der Waals surface area (Å²) in [4.78, 5) is 2.53. The summed E-state index contributed by atoms with van der Waals surface area (Å²) < 4.78 is 34.1. The highest BCUT2D eigenvalue weighted by molar-refractivity contribution is 5.75. The van der Waals surface area contributed by atoms with E-state index in [1.54, 1.807) is 0 Å². The number of guanidine groups is 1. The largest absolute Gasteiger partial charge is 0.370 e. The Balaban J connectivity index is 3.76. The molecule has 0 aromatic rings. The van der Waals surface area contributed by atoms with Crippen molar-refractivity contribution >= 4 is 5.96 Å². The Morgan fingerprint density at radius 2 is 1.67 bits per heavy atom. The van der Waals surface area contributed by atoms with Gasteiger partial charge in [-0.1, -0.05) is 0 Å². The fourth-order valence-corrected chi connectivity index (χ4v) is 0.199. The first-order chi connectivity index (χ1) is 4.04. The topological polar surface area (TPSA) is 64.4 Å². The fraction of sp³-hybridized carbons (Fsp3) is 0.667. The molecule has 4 N–H and O–H groups in total. The van der Waals surface area contributed by atoms with Crippen LogP contribution in [0.3, 0.4) is 0 Å². The van der Waals surface area contributed by atoms with E-state index in [2.05, 4.69) is 16.5 Å². The molecule has 0 rings (SSSR count). The Labute approximate surface area is 49.5 Å². The van der Waals surface area contributed by atoms with Crippen molar-refractivity contribution in [2.75, 3.05) is 0 Å². The third kappa shape index (κ3) is 3.63. The van der Waals surface area contributed by atoms with Crippen LogP contribution in [0.5, 0.6) is 0 Å². The van der Waals surface area contributed by atoms with E-state index in [0.29, 0.717) is 0 Å². The number of aliphatic imine (C=N–C) groups is 1. The van der Waals surface area contributed by atoms with Crippen LogP contribution in [0.25, 0.3) is 0 Å². The predicted molar refractivity (Wildman–Crippen MR) is 26.7 cm³/mol. The lowest BCUT2D eigenvalue weighted by Gasteiger charge is -1.98. The van der Waals surface area contributed by atoms with Crippen LogP contribution in [-0.4, -0.2) is 18.7 Å². The van der Waals surface area contributed by atoms with Gasteiger partial charge in [0.15, 0.2) is 5.96 Å². The van der Waals surface area contributed by atoms with E-state index < -0.39 is 18.7 Å². The summed E-state index contributed by atoms with van der Waals surface area (Å²) in [6, 6.07) is 0. The third-order valence-corrected chi connectivity index (χ3v) is 0.480. The van der Waals surface area contributed by atoms with Crippen LogP contribution in [-0.2, 0) is 0 Å². The molecule has 0 heterocycles. The maximum Gasteiger partial charge on any atom is 0.289 e. The summed E-state index contributed by atoms with van der Waals surface area (Å²) in [7, 11) is 0. The van der Waals surface area contributed by atoms with Gasteiger partial charge in [-0.2, -0.15) is 0 Å². The first-order valence-electron chi connectivity index (χ1n) is 2.05. The number of alkyl halides is 3. The van der Waals surface area contributed by atoms with Gasteiger partial charge in [-0.25, -0.2) is 18.2 Å². The van der Waals surface area contributed by atoms with E-state index in [1.165, 1.54) is 0 Å². The van der Waals surface area contributed by atoms with Gasteiger partial charge in [-0.15, -0.1) is 0 Å². The first kappa shape index (κ1) is 8.06. The zero-order chi connectivity index (χ0) is 7.44. The predicted octanol–water partition coefficient (Wildman–Crippen LogP) is -0.179. The molecule has 0 aliphatic carbocycles. The molecule has 6 heteroatoms. The Hall–Kier alpha value is -0.940. The molecular formula is C3H6F3N3. The van der Waals surface area contributed by atoms with Crippen molar-refractivity contribution in [2.24, 2.45) is 16.5 Å². The molecule has 0 saturated carbocycles. The molecule has 0 radical (unpaired) electrons. The molecule has 0 aromatic heterocycles. The normalized spacial score (nSPS) is 13.3. The quantitative estimate of drug-likeness (QED) is 0.318. The standard InChI is InChI=1S/C3H6F3N3/c4-1(5)2(6)9-3(7)8/h1-2H,(H4,7,8,9). The summed E-state index contributed by atoms with van der Waals surface area (Å²) in [5, 5.41) is 0. The molecule has 0 saturated heterocycles. The molecule has 0 amide bonds. The maximum atomic E-state index is 11.7. The monoisotopic (exact) mass is 141 g/mol. The smallest absolute Gasteiger partial charge is 0.289 e. The van der Waals surface area contributed by atoms with Gasteiger partial charge in [0.05, 0.1) is 0 Å². The van der Waals surface area contributed by atoms with E-state index in [4.69, 9.17) is 0 Å². The van der Waals surface area contributed by atoms with Crippen LogP contribution >= 0.6 is 0 Å². The van der Waals surface area contributed by atoms with Gasteiger partial charge >= 0.3 is 0 Å². The van der Waals surface area contributed by atoms with Gasteiger partial charge in [-0.3, -0.25) is 0 Å². The van der Waals surface area contributed by atoms with Crippen molar-refractivity contribution in [2.45, 2.75) is 12.7 Å². The third-order valence-electron chi connectivity index (χ3n) is 0.480. The van der Waals surface area contributed by atoms with E-state index in [9.17, 15) is 13.2 Å².